The molecule has 0 radical (unpaired) electrons. The molecule has 0 aliphatic heterocycles. The smallest absolute Gasteiger partial charge is 0.275 e. The molecule has 3 aromatic carbocycles. The molecule has 0 unspecified atom stereocenters. The van der Waals surface area contributed by atoms with E-state index in [1.54, 1.807) is 24.4 Å². The summed E-state index contributed by atoms with van der Waals surface area (Å²) in [7, 11) is 0. The summed E-state index contributed by atoms with van der Waals surface area (Å²) in [5.74, 6) is 0.196. The lowest BCUT2D eigenvalue weighted by Crippen LogP contribution is -2.18. The largest absolute Gasteiger partial charge is 0.488 e. The summed E-state index contributed by atoms with van der Waals surface area (Å²) in [5, 5.41) is 4.03. The van der Waals surface area contributed by atoms with Gasteiger partial charge in [-0.2, -0.15) is 5.10 Å². The number of benzene rings is 3. The Kier molecular flexibility index (Phi) is 6.17. The number of carbonyl (C=O) groups is 1. The summed E-state index contributed by atoms with van der Waals surface area (Å²) in [6.07, 6.45) is 1.59. The van der Waals surface area contributed by atoms with Crippen LogP contribution in [-0.4, -0.2) is 12.1 Å². The van der Waals surface area contributed by atoms with Crippen molar-refractivity contribution in [3.8, 4) is 5.75 Å². The van der Waals surface area contributed by atoms with Crippen molar-refractivity contribution in [3.05, 3.63) is 100 Å². The number of hydrazone groups is 1. The second-order valence-electron chi connectivity index (χ2n) is 5.49. The summed E-state index contributed by atoms with van der Waals surface area (Å²) < 4.78 is 6.71. The number of nitrogens with zero attached hydrogens (tertiary/aromatic N) is 1. The highest BCUT2D eigenvalue weighted by Gasteiger charge is 2.11. The molecule has 26 heavy (non-hydrogen) atoms. The van der Waals surface area contributed by atoms with Crippen LogP contribution < -0.4 is 10.2 Å². The molecule has 3 rings (SSSR count). The average Bonchev–Trinajstić information content (AvgIpc) is 2.69. The average molecular weight is 409 g/mol. The number of carbonyl (C=O) groups excluding carboxylic acids is 1. The number of amides is 1. The first-order valence-corrected chi connectivity index (χ1v) is 8.87. The molecule has 130 valence electrons. The standard InChI is InChI=1S/C21H17BrN2O2/c22-19-12-6-4-10-17(19)14-23-24-21(25)18-11-5-7-13-20(18)26-15-16-8-2-1-3-9-16/h1-14H,15H2,(H,24,25). The second-order valence-corrected chi connectivity index (χ2v) is 6.35. The maximum absolute atomic E-state index is 12.4. The van der Waals surface area contributed by atoms with Gasteiger partial charge in [-0.1, -0.05) is 76.6 Å². The zero-order valence-electron chi connectivity index (χ0n) is 13.9. The van der Waals surface area contributed by atoms with Gasteiger partial charge in [-0.05, 0) is 23.8 Å². The predicted molar refractivity (Wildman–Crippen MR) is 106 cm³/mol. The fourth-order valence-corrected chi connectivity index (χ4v) is 2.70. The van der Waals surface area contributed by atoms with E-state index in [1.807, 2.05) is 60.7 Å². The van der Waals surface area contributed by atoms with E-state index in [0.29, 0.717) is 17.9 Å². The molecule has 0 aliphatic carbocycles. The van der Waals surface area contributed by atoms with Gasteiger partial charge in [0.1, 0.15) is 12.4 Å². The van der Waals surface area contributed by atoms with Crippen LogP contribution in [0.25, 0.3) is 0 Å². The molecule has 1 N–H and O–H groups in total. The van der Waals surface area contributed by atoms with Gasteiger partial charge >= 0.3 is 0 Å². The van der Waals surface area contributed by atoms with Gasteiger partial charge in [-0.3, -0.25) is 4.79 Å². The van der Waals surface area contributed by atoms with Crippen molar-refractivity contribution in [1.29, 1.82) is 0 Å². The summed E-state index contributed by atoms with van der Waals surface area (Å²) in [6.45, 7) is 0.394. The maximum atomic E-state index is 12.4. The monoisotopic (exact) mass is 408 g/mol. The van der Waals surface area contributed by atoms with E-state index in [0.717, 1.165) is 15.6 Å². The highest BCUT2D eigenvalue weighted by molar-refractivity contribution is 9.10. The molecule has 0 saturated carbocycles. The van der Waals surface area contributed by atoms with E-state index in [4.69, 9.17) is 4.74 Å². The molecule has 0 saturated heterocycles. The maximum Gasteiger partial charge on any atom is 0.275 e. The quantitative estimate of drug-likeness (QED) is 0.470. The topological polar surface area (TPSA) is 50.7 Å². The normalized spacial score (nSPS) is 10.7. The van der Waals surface area contributed by atoms with Crippen LogP contribution in [-0.2, 0) is 6.61 Å². The second kappa shape index (κ2) is 8.97. The molecule has 0 fully saturated rings. The summed E-state index contributed by atoms with van der Waals surface area (Å²) in [6, 6.07) is 24.6. The number of ether oxygens (including phenoxy) is 1. The highest BCUT2D eigenvalue weighted by atomic mass is 79.9. The molecule has 1 amide bonds. The molecule has 3 aromatic rings. The van der Waals surface area contributed by atoms with Gasteiger partial charge in [0, 0.05) is 10.0 Å². The summed E-state index contributed by atoms with van der Waals surface area (Å²) in [5.41, 5.74) is 4.89. The van der Waals surface area contributed by atoms with Gasteiger partial charge in [0.05, 0.1) is 11.8 Å². The van der Waals surface area contributed by atoms with Crippen LogP contribution >= 0.6 is 15.9 Å². The molecule has 5 heteroatoms. The summed E-state index contributed by atoms with van der Waals surface area (Å²) in [4.78, 5) is 12.4. The SMILES string of the molecule is O=C(NN=Cc1ccccc1Br)c1ccccc1OCc1ccccc1. The molecular formula is C21H17BrN2O2. The Morgan fingerprint density at radius 1 is 0.962 bits per heavy atom. The lowest BCUT2D eigenvalue weighted by molar-refractivity contribution is 0.0950. The minimum atomic E-state index is -0.322. The van der Waals surface area contributed by atoms with Gasteiger partial charge < -0.3 is 4.74 Å². The third-order valence-corrected chi connectivity index (χ3v) is 4.37. The fourth-order valence-electron chi connectivity index (χ4n) is 2.32. The van der Waals surface area contributed by atoms with Crippen LogP contribution in [0.5, 0.6) is 5.75 Å². The Hall–Kier alpha value is -2.92. The van der Waals surface area contributed by atoms with E-state index in [1.165, 1.54) is 0 Å². The molecule has 4 nitrogen and oxygen atoms in total. The first-order valence-electron chi connectivity index (χ1n) is 8.08. The number of halogens is 1. The third-order valence-electron chi connectivity index (χ3n) is 3.64. The van der Waals surface area contributed by atoms with Gasteiger partial charge in [-0.25, -0.2) is 5.43 Å². The van der Waals surface area contributed by atoms with E-state index < -0.39 is 0 Å². The Morgan fingerprint density at radius 3 is 2.46 bits per heavy atom. The molecule has 0 spiro atoms. The lowest BCUT2D eigenvalue weighted by atomic mass is 10.2. The summed E-state index contributed by atoms with van der Waals surface area (Å²) >= 11 is 3.44. The first-order chi connectivity index (χ1) is 12.7. The van der Waals surface area contributed by atoms with Gasteiger partial charge in [0.15, 0.2) is 0 Å². The van der Waals surface area contributed by atoms with Crippen molar-refractivity contribution in [2.75, 3.05) is 0 Å². The van der Waals surface area contributed by atoms with Crippen LogP contribution in [0, 0.1) is 0 Å². The Balaban J connectivity index is 1.67. The number of rotatable bonds is 6. The van der Waals surface area contributed by atoms with Gasteiger partial charge in [0.25, 0.3) is 5.91 Å². The molecule has 0 aliphatic rings. The van der Waals surface area contributed by atoms with E-state index in [9.17, 15) is 4.79 Å². The van der Waals surface area contributed by atoms with Crippen LogP contribution in [0.3, 0.4) is 0 Å². The van der Waals surface area contributed by atoms with E-state index in [2.05, 4.69) is 26.5 Å². The van der Waals surface area contributed by atoms with Crippen molar-refractivity contribution in [3.63, 3.8) is 0 Å². The first kappa shape index (κ1) is 17.9. The van der Waals surface area contributed by atoms with Crippen LogP contribution in [0.4, 0.5) is 0 Å². The zero-order chi connectivity index (χ0) is 18.2. The Bertz CT molecular complexity index is 911. The fraction of sp³-hybridized carbons (Fsp3) is 0.0476. The highest BCUT2D eigenvalue weighted by Crippen LogP contribution is 2.19. The molecule has 0 bridgehead atoms. The van der Waals surface area contributed by atoms with Gasteiger partial charge in [-0.15, -0.1) is 0 Å². The van der Waals surface area contributed by atoms with E-state index >= 15 is 0 Å². The molecular weight excluding hydrogens is 392 g/mol. The van der Waals surface area contributed by atoms with Crippen molar-refractivity contribution < 1.29 is 9.53 Å². The van der Waals surface area contributed by atoms with Crippen LogP contribution in [0.2, 0.25) is 0 Å². The third kappa shape index (κ3) is 4.80. The minimum Gasteiger partial charge on any atom is -0.488 e. The number of hydrogen-bond acceptors (Lipinski definition) is 3. The van der Waals surface area contributed by atoms with Crippen molar-refractivity contribution >= 4 is 28.1 Å². The van der Waals surface area contributed by atoms with Gasteiger partial charge in [0.2, 0.25) is 0 Å². The van der Waals surface area contributed by atoms with Crippen LogP contribution in [0.15, 0.2) is 88.4 Å². The van der Waals surface area contributed by atoms with Crippen molar-refractivity contribution in [1.82, 2.24) is 5.43 Å². The Morgan fingerprint density at radius 2 is 1.65 bits per heavy atom. The van der Waals surface area contributed by atoms with Crippen molar-refractivity contribution in [2.24, 2.45) is 5.10 Å². The number of para-hydroxylation sites is 1. The zero-order valence-corrected chi connectivity index (χ0v) is 15.5. The lowest BCUT2D eigenvalue weighted by Gasteiger charge is -2.10. The number of nitrogens with one attached hydrogen (secondary N) is 1. The molecule has 0 heterocycles. The van der Waals surface area contributed by atoms with E-state index in [-0.39, 0.29) is 5.91 Å². The number of hydrogen-bond donors (Lipinski definition) is 1. The molecule has 0 aromatic heterocycles. The molecule has 0 atom stereocenters. The Labute approximate surface area is 160 Å². The minimum absolute atomic E-state index is 0.322. The van der Waals surface area contributed by atoms with Crippen LogP contribution in [0.1, 0.15) is 21.5 Å². The predicted octanol–water partition coefficient (Wildman–Crippen LogP) is 4.79. The van der Waals surface area contributed by atoms with Crippen molar-refractivity contribution in [2.45, 2.75) is 6.61 Å².